The molecule has 2 rings (SSSR count). The van der Waals surface area contributed by atoms with E-state index in [1.807, 2.05) is 6.92 Å². The summed E-state index contributed by atoms with van der Waals surface area (Å²) in [4.78, 5) is 0. The lowest BCUT2D eigenvalue weighted by molar-refractivity contribution is 0.260. The molecule has 0 aliphatic heterocycles. The molecule has 0 N–H and O–H groups in total. The van der Waals surface area contributed by atoms with Crippen LogP contribution >= 0.6 is 0 Å². The van der Waals surface area contributed by atoms with Crippen LogP contribution in [0.5, 0.6) is 0 Å². The maximum Gasteiger partial charge on any atom is 0.221 e. The van der Waals surface area contributed by atoms with Crippen LogP contribution in [0.2, 0.25) is 0 Å². The van der Waals surface area contributed by atoms with E-state index in [2.05, 4.69) is 5.16 Å². The Bertz CT molecular complexity index is 450. The van der Waals surface area contributed by atoms with Gasteiger partial charge in [-0.25, -0.2) is 8.42 Å². The fraction of sp³-hybridized carbons (Fsp3) is 0.750. The molecule has 1 aliphatic carbocycles. The number of rotatable bonds is 5. The molecule has 6 heteroatoms. The van der Waals surface area contributed by atoms with Gasteiger partial charge in [0.2, 0.25) is 10.0 Å². The number of nitrogens with zero attached hydrogens (tertiary/aromatic N) is 2. The normalized spacial score (nSPS) is 18.3. The lowest BCUT2D eigenvalue weighted by atomic mass is 9.95. The van der Waals surface area contributed by atoms with Crippen LogP contribution < -0.4 is 0 Å². The van der Waals surface area contributed by atoms with Crippen molar-refractivity contribution in [3.8, 4) is 0 Å². The Kier molecular flexibility index (Phi) is 4.40. The van der Waals surface area contributed by atoms with Crippen LogP contribution in [0.25, 0.3) is 0 Å². The first kappa shape index (κ1) is 13.5. The van der Waals surface area contributed by atoms with Crippen molar-refractivity contribution in [3.63, 3.8) is 0 Å². The van der Waals surface area contributed by atoms with Gasteiger partial charge < -0.3 is 4.52 Å². The predicted molar refractivity (Wildman–Crippen MR) is 68.4 cm³/mol. The molecule has 18 heavy (non-hydrogen) atoms. The fourth-order valence-corrected chi connectivity index (χ4v) is 4.36. The minimum Gasteiger partial charge on any atom is -0.360 e. The van der Waals surface area contributed by atoms with Gasteiger partial charge in [-0.1, -0.05) is 31.3 Å². The largest absolute Gasteiger partial charge is 0.360 e. The second kappa shape index (κ2) is 5.84. The molecule has 1 aromatic rings. The van der Waals surface area contributed by atoms with Gasteiger partial charge in [0.15, 0.2) is 5.76 Å². The van der Waals surface area contributed by atoms with Crippen LogP contribution in [0.15, 0.2) is 16.8 Å². The predicted octanol–water partition coefficient (Wildman–Crippen LogP) is 2.16. The number of hydrogen-bond donors (Lipinski definition) is 0. The Hall–Kier alpha value is -0.880. The summed E-state index contributed by atoms with van der Waals surface area (Å²) in [6.45, 7) is 2.42. The van der Waals surface area contributed by atoms with Crippen molar-refractivity contribution < 1.29 is 12.9 Å². The first-order chi connectivity index (χ1) is 8.63. The van der Waals surface area contributed by atoms with Crippen molar-refractivity contribution in [2.24, 2.45) is 0 Å². The molecule has 0 amide bonds. The van der Waals surface area contributed by atoms with Gasteiger partial charge in [-0.3, -0.25) is 0 Å². The van der Waals surface area contributed by atoms with E-state index in [9.17, 15) is 8.42 Å². The Morgan fingerprint density at radius 3 is 2.67 bits per heavy atom. The molecule has 1 fully saturated rings. The zero-order chi connectivity index (χ0) is 13.0. The average Bonchev–Trinajstić information content (AvgIpc) is 2.83. The van der Waals surface area contributed by atoms with Crippen LogP contribution in [0.4, 0.5) is 0 Å². The molecule has 0 atom stereocenters. The Labute approximate surface area is 108 Å². The molecule has 0 radical (unpaired) electrons. The molecule has 0 saturated heterocycles. The summed E-state index contributed by atoms with van der Waals surface area (Å²) < 4.78 is 31.3. The number of hydrogen-bond acceptors (Lipinski definition) is 4. The zero-order valence-electron chi connectivity index (χ0n) is 10.7. The highest BCUT2D eigenvalue weighted by Gasteiger charge is 2.30. The van der Waals surface area contributed by atoms with E-state index in [1.165, 1.54) is 12.6 Å². The Morgan fingerprint density at radius 2 is 2.11 bits per heavy atom. The molecule has 1 heterocycles. The minimum absolute atomic E-state index is 0.0860. The van der Waals surface area contributed by atoms with Crippen LogP contribution in [-0.2, 0) is 15.8 Å². The molecule has 0 spiro atoms. The summed E-state index contributed by atoms with van der Waals surface area (Å²) in [5.74, 6) is 0.321. The Balaban J connectivity index is 2.10. The number of sulfonamides is 1. The molecule has 0 bridgehead atoms. The Morgan fingerprint density at radius 1 is 1.39 bits per heavy atom. The van der Waals surface area contributed by atoms with Gasteiger partial charge in [-0.15, -0.1) is 0 Å². The summed E-state index contributed by atoms with van der Waals surface area (Å²) in [6, 6.07) is 1.77. The van der Waals surface area contributed by atoms with Crippen LogP contribution in [0, 0.1) is 0 Å². The van der Waals surface area contributed by atoms with Crippen LogP contribution in [0.1, 0.15) is 44.8 Å². The lowest BCUT2D eigenvalue weighted by Gasteiger charge is -2.32. The van der Waals surface area contributed by atoms with Crippen molar-refractivity contribution >= 4 is 10.0 Å². The first-order valence-corrected chi connectivity index (χ1v) is 8.13. The standard InChI is InChI=1S/C12H20N2O3S/c1-2-14(11-6-4-3-5-7-11)18(15,16)10-12-8-9-13-17-12/h8-9,11H,2-7,10H2,1H3. The molecular formula is C12H20N2O3S. The average molecular weight is 272 g/mol. The molecular weight excluding hydrogens is 252 g/mol. The third-order valence-electron chi connectivity index (χ3n) is 3.47. The van der Waals surface area contributed by atoms with Crippen molar-refractivity contribution in [2.75, 3.05) is 6.54 Å². The van der Waals surface area contributed by atoms with Gasteiger partial charge in [0, 0.05) is 18.7 Å². The van der Waals surface area contributed by atoms with Gasteiger partial charge in [-0.05, 0) is 12.8 Å². The molecule has 1 aromatic heterocycles. The molecule has 0 unspecified atom stereocenters. The first-order valence-electron chi connectivity index (χ1n) is 6.52. The van der Waals surface area contributed by atoms with E-state index in [0.717, 1.165) is 25.7 Å². The monoisotopic (exact) mass is 272 g/mol. The maximum atomic E-state index is 12.4. The smallest absolute Gasteiger partial charge is 0.221 e. The minimum atomic E-state index is -3.30. The maximum absolute atomic E-state index is 12.4. The van der Waals surface area contributed by atoms with Crippen molar-refractivity contribution in [3.05, 3.63) is 18.0 Å². The second-order valence-corrected chi connectivity index (χ2v) is 6.65. The van der Waals surface area contributed by atoms with E-state index >= 15 is 0 Å². The van der Waals surface area contributed by atoms with E-state index < -0.39 is 10.0 Å². The van der Waals surface area contributed by atoms with E-state index in [1.54, 1.807) is 10.4 Å². The van der Waals surface area contributed by atoms with Crippen molar-refractivity contribution in [2.45, 2.75) is 50.8 Å². The fourth-order valence-electron chi connectivity index (χ4n) is 2.63. The van der Waals surface area contributed by atoms with Crippen molar-refractivity contribution in [1.29, 1.82) is 0 Å². The highest BCUT2D eigenvalue weighted by molar-refractivity contribution is 7.88. The topological polar surface area (TPSA) is 63.4 Å². The zero-order valence-corrected chi connectivity index (χ0v) is 11.5. The number of aromatic nitrogens is 1. The van der Waals surface area contributed by atoms with Crippen molar-refractivity contribution in [1.82, 2.24) is 9.46 Å². The molecule has 0 aromatic carbocycles. The molecule has 102 valence electrons. The highest BCUT2D eigenvalue weighted by Crippen LogP contribution is 2.25. The molecule has 1 saturated carbocycles. The summed E-state index contributed by atoms with van der Waals surface area (Å²) >= 11 is 0. The SMILES string of the molecule is CCN(C1CCCCC1)S(=O)(=O)Cc1ccno1. The third kappa shape index (κ3) is 3.11. The van der Waals surface area contributed by atoms with E-state index in [4.69, 9.17) is 4.52 Å². The second-order valence-electron chi connectivity index (χ2n) is 4.73. The van der Waals surface area contributed by atoms with Gasteiger partial charge in [-0.2, -0.15) is 4.31 Å². The lowest BCUT2D eigenvalue weighted by Crippen LogP contribution is -2.41. The summed E-state index contributed by atoms with van der Waals surface area (Å²) in [6.07, 6.45) is 6.89. The van der Waals surface area contributed by atoms with E-state index in [0.29, 0.717) is 12.3 Å². The van der Waals surface area contributed by atoms with Crippen LogP contribution in [0.3, 0.4) is 0 Å². The quantitative estimate of drug-likeness (QED) is 0.824. The van der Waals surface area contributed by atoms with Crippen LogP contribution in [-0.4, -0.2) is 30.5 Å². The third-order valence-corrected chi connectivity index (χ3v) is 5.39. The van der Waals surface area contributed by atoms with Gasteiger partial charge in [0.25, 0.3) is 0 Å². The molecule has 5 nitrogen and oxygen atoms in total. The molecule has 1 aliphatic rings. The van der Waals surface area contributed by atoms with Gasteiger partial charge in [0.05, 0.1) is 6.20 Å². The van der Waals surface area contributed by atoms with Gasteiger partial charge >= 0.3 is 0 Å². The highest BCUT2D eigenvalue weighted by atomic mass is 32.2. The summed E-state index contributed by atoms with van der Waals surface area (Å²) in [7, 11) is -3.30. The summed E-state index contributed by atoms with van der Waals surface area (Å²) in [5, 5.41) is 3.55. The van der Waals surface area contributed by atoms with Gasteiger partial charge in [0.1, 0.15) is 5.75 Å². The summed E-state index contributed by atoms with van der Waals surface area (Å²) in [5.41, 5.74) is 0. The van der Waals surface area contributed by atoms with E-state index in [-0.39, 0.29) is 11.8 Å².